The Kier molecular flexibility index (Phi) is 3.74. The second-order valence-electron chi connectivity index (χ2n) is 5.11. The molecule has 2 N–H and O–H groups in total. The van der Waals surface area contributed by atoms with E-state index in [0.717, 1.165) is 11.6 Å². The number of rotatable bonds is 3. The van der Waals surface area contributed by atoms with Crippen molar-refractivity contribution >= 4 is 11.6 Å². The number of hydrogen-bond acceptors (Lipinski definition) is 2. The lowest BCUT2D eigenvalue weighted by Gasteiger charge is -2.24. The van der Waals surface area contributed by atoms with E-state index in [4.69, 9.17) is 5.11 Å². The lowest BCUT2D eigenvalue weighted by molar-refractivity contribution is -0.120. The summed E-state index contributed by atoms with van der Waals surface area (Å²) in [6.45, 7) is 3.60. The summed E-state index contributed by atoms with van der Waals surface area (Å²) >= 11 is 0. The molecule has 3 nitrogen and oxygen atoms in total. The number of amides is 1. The summed E-state index contributed by atoms with van der Waals surface area (Å²) < 4.78 is 13.2. The van der Waals surface area contributed by atoms with Gasteiger partial charge in [0, 0.05) is 11.8 Å². The van der Waals surface area contributed by atoms with Crippen LogP contribution in [0.5, 0.6) is 5.75 Å². The van der Waals surface area contributed by atoms with Gasteiger partial charge in [-0.1, -0.05) is 30.3 Å². The second-order valence-corrected chi connectivity index (χ2v) is 5.11. The number of phenols is 1. The van der Waals surface area contributed by atoms with Gasteiger partial charge in [-0.15, -0.1) is 0 Å². The van der Waals surface area contributed by atoms with Crippen molar-refractivity contribution in [3.05, 3.63) is 59.9 Å². The van der Waals surface area contributed by atoms with Crippen molar-refractivity contribution in [2.24, 2.45) is 0 Å². The van der Waals surface area contributed by atoms with Crippen LogP contribution in [0, 0.1) is 5.82 Å². The Balaban J connectivity index is 2.21. The first-order chi connectivity index (χ1) is 9.41. The molecule has 0 aromatic heterocycles. The zero-order valence-electron chi connectivity index (χ0n) is 11.4. The maximum atomic E-state index is 13.2. The van der Waals surface area contributed by atoms with Crippen molar-refractivity contribution in [2.75, 3.05) is 5.32 Å². The Morgan fingerprint density at radius 1 is 1.15 bits per heavy atom. The molecule has 104 valence electrons. The fourth-order valence-corrected chi connectivity index (χ4v) is 1.86. The predicted octanol–water partition coefficient (Wildman–Crippen LogP) is 3.45. The number of carbonyl (C=O) groups excluding carboxylic acids is 1. The summed E-state index contributed by atoms with van der Waals surface area (Å²) in [7, 11) is 0. The van der Waals surface area contributed by atoms with E-state index in [1.165, 1.54) is 12.1 Å². The summed E-state index contributed by atoms with van der Waals surface area (Å²) in [6.07, 6.45) is 0. The molecule has 1 amide bonds. The predicted molar refractivity (Wildman–Crippen MR) is 76.2 cm³/mol. The van der Waals surface area contributed by atoms with E-state index in [1.54, 1.807) is 13.8 Å². The number of anilines is 1. The van der Waals surface area contributed by atoms with Gasteiger partial charge in [0.2, 0.25) is 5.91 Å². The standard InChI is InChI=1S/C16H16FNO2/c1-16(2,11-6-4-3-5-7-11)15(20)18-12-8-9-14(19)13(17)10-12/h3-10,19H,1-2H3,(H,18,20). The molecule has 0 bridgehead atoms. The van der Waals surface area contributed by atoms with Gasteiger partial charge in [0.1, 0.15) is 0 Å². The van der Waals surface area contributed by atoms with Crippen LogP contribution in [0.3, 0.4) is 0 Å². The van der Waals surface area contributed by atoms with Crippen LogP contribution in [0.15, 0.2) is 48.5 Å². The van der Waals surface area contributed by atoms with E-state index in [1.807, 2.05) is 30.3 Å². The number of nitrogens with one attached hydrogen (secondary N) is 1. The van der Waals surface area contributed by atoms with Gasteiger partial charge in [0.15, 0.2) is 11.6 Å². The Hall–Kier alpha value is -2.36. The van der Waals surface area contributed by atoms with Crippen LogP contribution in [0.25, 0.3) is 0 Å². The normalized spacial score (nSPS) is 11.2. The first-order valence-electron chi connectivity index (χ1n) is 6.27. The Labute approximate surface area is 117 Å². The van der Waals surface area contributed by atoms with Gasteiger partial charge < -0.3 is 10.4 Å². The Morgan fingerprint density at radius 3 is 2.40 bits per heavy atom. The quantitative estimate of drug-likeness (QED) is 0.841. The molecule has 0 saturated carbocycles. The summed E-state index contributed by atoms with van der Waals surface area (Å²) in [5.74, 6) is -1.44. The van der Waals surface area contributed by atoms with E-state index >= 15 is 0 Å². The molecule has 0 heterocycles. The molecular formula is C16H16FNO2. The average molecular weight is 273 g/mol. The minimum atomic E-state index is -0.764. The molecule has 0 aliphatic rings. The van der Waals surface area contributed by atoms with E-state index in [-0.39, 0.29) is 5.91 Å². The lowest BCUT2D eigenvalue weighted by Crippen LogP contribution is -2.34. The van der Waals surface area contributed by atoms with Crippen molar-refractivity contribution in [3.63, 3.8) is 0 Å². The van der Waals surface area contributed by atoms with Crippen molar-refractivity contribution in [3.8, 4) is 5.75 Å². The largest absolute Gasteiger partial charge is 0.505 e. The van der Waals surface area contributed by atoms with Crippen molar-refractivity contribution < 1.29 is 14.3 Å². The lowest BCUT2D eigenvalue weighted by atomic mass is 9.83. The van der Waals surface area contributed by atoms with Gasteiger partial charge in [-0.25, -0.2) is 4.39 Å². The van der Waals surface area contributed by atoms with Gasteiger partial charge >= 0.3 is 0 Å². The molecule has 0 saturated heterocycles. The molecule has 20 heavy (non-hydrogen) atoms. The minimum Gasteiger partial charge on any atom is -0.505 e. The maximum absolute atomic E-state index is 13.2. The average Bonchev–Trinajstić information content (AvgIpc) is 2.44. The van der Waals surface area contributed by atoms with Crippen LogP contribution in [-0.4, -0.2) is 11.0 Å². The van der Waals surface area contributed by atoms with Gasteiger partial charge in [0.25, 0.3) is 0 Å². The maximum Gasteiger partial charge on any atom is 0.234 e. The highest BCUT2D eigenvalue weighted by molar-refractivity contribution is 5.98. The summed E-state index contributed by atoms with van der Waals surface area (Å²) in [6, 6.07) is 13.1. The SMILES string of the molecule is CC(C)(C(=O)Nc1ccc(O)c(F)c1)c1ccccc1. The first kappa shape index (κ1) is 14.1. The van der Waals surface area contributed by atoms with Crippen LogP contribution in [-0.2, 0) is 10.2 Å². The summed E-state index contributed by atoms with van der Waals surface area (Å²) in [5, 5.41) is 11.8. The zero-order valence-corrected chi connectivity index (χ0v) is 11.4. The monoisotopic (exact) mass is 273 g/mol. The Morgan fingerprint density at radius 2 is 1.80 bits per heavy atom. The molecule has 2 aromatic carbocycles. The summed E-state index contributed by atoms with van der Waals surface area (Å²) in [5.41, 5.74) is 0.446. The third kappa shape index (κ3) is 2.79. The van der Waals surface area contributed by atoms with E-state index in [0.29, 0.717) is 5.69 Å². The third-order valence-corrected chi connectivity index (χ3v) is 3.27. The minimum absolute atomic E-state index is 0.242. The highest BCUT2D eigenvalue weighted by atomic mass is 19.1. The fourth-order valence-electron chi connectivity index (χ4n) is 1.86. The van der Waals surface area contributed by atoms with Crippen LogP contribution < -0.4 is 5.32 Å². The van der Waals surface area contributed by atoms with E-state index < -0.39 is 17.0 Å². The molecule has 0 aliphatic carbocycles. The number of hydrogen-bond donors (Lipinski definition) is 2. The van der Waals surface area contributed by atoms with Gasteiger partial charge in [0.05, 0.1) is 5.41 Å². The van der Waals surface area contributed by atoms with Crippen LogP contribution in [0.4, 0.5) is 10.1 Å². The van der Waals surface area contributed by atoms with Crippen molar-refractivity contribution in [2.45, 2.75) is 19.3 Å². The molecule has 0 unspecified atom stereocenters. The molecule has 4 heteroatoms. The molecule has 2 aromatic rings. The highest BCUT2D eigenvalue weighted by Crippen LogP contribution is 2.26. The molecule has 0 spiro atoms. The number of carbonyl (C=O) groups is 1. The molecule has 2 rings (SSSR count). The number of benzene rings is 2. The van der Waals surface area contributed by atoms with Crippen molar-refractivity contribution in [1.29, 1.82) is 0 Å². The molecule has 0 aliphatic heterocycles. The summed E-state index contributed by atoms with van der Waals surface area (Å²) in [4.78, 5) is 12.3. The van der Waals surface area contributed by atoms with Crippen molar-refractivity contribution in [1.82, 2.24) is 0 Å². The molecular weight excluding hydrogens is 257 g/mol. The zero-order chi connectivity index (χ0) is 14.8. The highest BCUT2D eigenvalue weighted by Gasteiger charge is 2.29. The van der Waals surface area contributed by atoms with E-state index in [9.17, 15) is 9.18 Å². The third-order valence-electron chi connectivity index (χ3n) is 3.27. The van der Waals surface area contributed by atoms with E-state index in [2.05, 4.69) is 5.32 Å². The van der Waals surface area contributed by atoms with Crippen LogP contribution >= 0.6 is 0 Å². The number of halogens is 1. The van der Waals surface area contributed by atoms with Gasteiger partial charge in [-0.2, -0.15) is 0 Å². The topological polar surface area (TPSA) is 49.3 Å². The molecule has 0 atom stereocenters. The Bertz CT molecular complexity index is 624. The van der Waals surface area contributed by atoms with Crippen LogP contribution in [0.1, 0.15) is 19.4 Å². The molecule has 0 fully saturated rings. The van der Waals surface area contributed by atoms with Gasteiger partial charge in [-0.3, -0.25) is 4.79 Å². The fraction of sp³-hybridized carbons (Fsp3) is 0.188. The smallest absolute Gasteiger partial charge is 0.234 e. The number of aromatic hydroxyl groups is 1. The number of phenolic OH excluding ortho intramolecular Hbond substituents is 1. The van der Waals surface area contributed by atoms with Gasteiger partial charge in [-0.05, 0) is 31.5 Å². The second kappa shape index (κ2) is 5.33. The first-order valence-corrected chi connectivity index (χ1v) is 6.27. The molecule has 0 radical (unpaired) electrons. The van der Waals surface area contributed by atoms with Crippen LogP contribution in [0.2, 0.25) is 0 Å².